The molecule has 1 heterocycles. The zero-order chi connectivity index (χ0) is 14.8. The van der Waals surface area contributed by atoms with Gasteiger partial charge in [-0.25, -0.2) is 4.79 Å². The molecule has 3 aromatic rings. The number of rotatable bonds is 2. The molecule has 7 heteroatoms. The van der Waals surface area contributed by atoms with Crippen molar-refractivity contribution in [2.24, 2.45) is 0 Å². The molecule has 3 rings (SSSR count). The van der Waals surface area contributed by atoms with Gasteiger partial charge in [-0.2, -0.15) is 5.10 Å². The molecule has 0 aliphatic heterocycles. The van der Waals surface area contributed by atoms with Crippen LogP contribution in [0.15, 0.2) is 42.5 Å². The number of amides is 2. The lowest BCUT2D eigenvalue weighted by Crippen LogP contribution is -2.19. The molecule has 0 fully saturated rings. The number of fused-ring (bicyclic) bond motifs is 1. The third-order valence-electron chi connectivity index (χ3n) is 2.93. The maximum Gasteiger partial charge on any atom is 0.323 e. The summed E-state index contributed by atoms with van der Waals surface area (Å²) in [5, 5.41) is 13.4. The van der Waals surface area contributed by atoms with Crippen LogP contribution in [0, 0.1) is 0 Å². The molecule has 0 saturated heterocycles. The van der Waals surface area contributed by atoms with E-state index in [2.05, 4.69) is 20.8 Å². The van der Waals surface area contributed by atoms with Crippen molar-refractivity contribution in [1.29, 1.82) is 0 Å². The number of carbonyl (C=O) groups excluding carboxylic acids is 1. The average molecular weight is 302 g/mol. The molecule has 2 amide bonds. The van der Waals surface area contributed by atoms with Crippen molar-refractivity contribution < 1.29 is 4.79 Å². The molecule has 0 aliphatic rings. The van der Waals surface area contributed by atoms with Crippen LogP contribution < -0.4 is 16.4 Å². The lowest BCUT2D eigenvalue weighted by atomic mass is 10.2. The normalized spacial score (nSPS) is 10.5. The number of hydrogen-bond acceptors (Lipinski definition) is 3. The van der Waals surface area contributed by atoms with Crippen molar-refractivity contribution in [3.05, 3.63) is 47.5 Å². The van der Waals surface area contributed by atoms with Gasteiger partial charge in [0.05, 0.1) is 5.52 Å². The van der Waals surface area contributed by atoms with Gasteiger partial charge in [0.25, 0.3) is 0 Å². The highest BCUT2D eigenvalue weighted by Crippen LogP contribution is 2.22. The molecule has 21 heavy (non-hydrogen) atoms. The fraction of sp³-hybridized carbons (Fsp3) is 0. The van der Waals surface area contributed by atoms with E-state index in [1.807, 2.05) is 0 Å². The number of benzene rings is 2. The maximum atomic E-state index is 11.9. The van der Waals surface area contributed by atoms with Crippen LogP contribution in [0.1, 0.15) is 0 Å². The number of anilines is 3. The van der Waals surface area contributed by atoms with E-state index in [0.29, 0.717) is 22.2 Å². The summed E-state index contributed by atoms with van der Waals surface area (Å²) in [6.07, 6.45) is 0. The van der Waals surface area contributed by atoms with Gasteiger partial charge in [-0.15, -0.1) is 0 Å². The summed E-state index contributed by atoms with van der Waals surface area (Å²) in [5.74, 6) is 0.392. The molecule has 106 valence electrons. The van der Waals surface area contributed by atoms with E-state index < -0.39 is 0 Å². The molecule has 0 saturated carbocycles. The number of halogens is 1. The maximum absolute atomic E-state index is 11.9. The van der Waals surface area contributed by atoms with Crippen LogP contribution in [0.3, 0.4) is 0 Å². The van der Waals surface area contributed by atoms with Gasteiger partial charge in [0.15, 0.2) is 5.82 Å². The molecular formula is C14H12ClN5O. The first-order valence-electron chi connectivity index (χ1n) is 6.19. The Balaban J connectivity index is 1.75. The fourth-order valence-electron chi connectivity index (χ4n) is 1.97. The summed E-state index contributed by atoms with van der Waals surface area (Å²) < 4.78 is 0. The van der Waals surface area contributed by atoms with E-state index in [-0.39, 0.29) is 6.03 Å². The van der Waals surface area contributed by atoms with Gasteiger partial charge in [0.2, 0.25) is 0 Å². The van der Waals surface area contributed by atoms with E-state index in [0.717, 1.165) is 10.9 Å². The van der Waals surface area contributed by atoms with Crippen molar-refractivity contribution in [2.45, 2.75) is 0 Å². The number of aromatic amines is 1. The van der Waals surface area contributed by atoms with Crippen molar-refractivity contribution in [1.82, 2.24) is 10.2 Å². The van der Waals surface area contributed by atoms with Gasteiger partial charge in [0.1, 0.15) is 0 Å². The number of carbonyl (C=O) groups is 1. The highest BCUT2D eigenvalue weighted by atomic mass is 35.5. The minimum absolute atomic E-state index is 0.362. The Bertz CT molecular complexity index is 814. The van der Waals surface area contributed by atoms with Crippen molar-refractivity contribution in [3.8, 4) is 0 Å². The summed E-state index contributed by atoms with van der Waals surface area (Å²) in [6, 6.07) is 11.9. The summed E-state index contributed by atoms with van der Waals surface area (Å²) in [4.78, 5) is 11.9. The largest absolute Gasteiger partial charge is 0.382 e. The molecule has 6 nitrogen and oxygen atoms in total. The summed E-state index contributed by atoms with van der Waals surface area (Å²) >= 11 is 5.86. The number of urea groups is 1. The van der Waals surface area contributed by atoms with Gasteiger partial charge in [0, 0.05) is 21.8 Å². The molecule has 0 atom stereocenters. The Kier molecular flexibility index (Phi) is 3.37. The molecule has 5 N–H and O–H groups in total. The summed E-state index contributed by atoms with van der Waals surface area (Å²) in [5.41, 5.74) is 7.78. The van der Waals surface area contributed by atoms with Crippen LogP contribution in [-0.4, -0.2) is 16.2 Å². The molecule has 1 aromatic heterocycles. The molecule has 0 unspecified atom stereocenters. The van der Waals surface area contributed by atoms with E-state index in [1.54, 1.807) is 42.5 Å². The zero-order valence-electron chi connectivity index (χ0n) is 10.9. The van der Waals surface area contributed by atoms with E-state index in [4.69, 9.17) is 17.3 Å². The molecular weight excluding hydrogens is 290 g/mol. The minimum Gasteiger partial charge on any atom is -0.382 e. The number of nitrogens with zero attached hydrogens (tertiary/aromatic N) is 1. The number of nitrogens with one attached hydrogen (secondary N) is 3. The lowest BCUT2D eigenvalue weighted by molar-refractivity contribution is 0.262. The Morgan fingerprint density at radius 3 is 2.67 bits per heavy atom. The fourth-order valence-corrected chi connectivity index (χ4v) is 2.16. The quantitative estimate of drug-likeness (QED) is 0.584. The van der Waals surface area contributed by atoms with Gasteiger partial charge < -0.3 is 16.4 Å². The first-order chi connectivity index (χ1) is 10.1. The molecule has 0 bridgehead atoms. The third kappa shape index (κ3) is 2.90. The Morgan fingerprint density at radius 1 is 1.14 bits per heavy atom. The van der Waals surface area contributed by atoms with Crippen molar-refractivity contribution in [3.63, 3.8) is 0 Å². The number of H-pyrrole nitrogens is 1. The van der Waals surface area contributed by atoms with Crippen LogP contribution in [0.4, 0.5) is 22.0 Å². The third-order valence-corrected chi connectivity index (χ3v) is 3.17. The summed E-state index contributed by atoms with van der Waals surface area (Å²) in [7, 11) is 0. The smallest absolute Gasteiger partial charge is 0.323 e. The lowest BCUT2D eigenvalue weighted by Gasteiger charge is -2.08. The van der Waals surface area contributed by atoms with Crippen LogP contribution in [0.25, 0.3) is 10.9 Å². The molecule has 0 radical (unpaired) electrons. The standard InChI is InChI=1S/C14H12ClN5O/c15-8-2-1-3-9(6-8)17-14(21)18-10-4-5-12-11(7-10)13(16)20-19-12/h1-7H,(H3,16,19,20)(H2,17,18,21). The summed E-state index contributed by atoms with van der Waals surface area (Å²) in [6.45, 7) is 0. The number of hydrogen-bond donors (Lipinski definition) is 4. The second-order valence-corrected chi connectivity index (χ2v) is 4.90. The van der Waals surface area contributed by atoms with E-state index in [1.165, 1.54) is 0 Å². The topological polar surface area (TPSA) is 95.8 Å². The highest BCUT2D eigenvalue weighted by molar-refractivity contribution is 6.30. The Labute approximate surface area is 125 Å². The van der Waals surface area contributed by atoms with Crippen LogP contribution in [-0.2, 0) is 0 Å². The molecule has 2 aromatic carbocycles. The molecule has 0 spiro atoms. The van der Waals surface area contributed by atoms with Gasteiger partial charge in [-0.05, 0) is 36.4 Å². The van der Waals surface area contributed by atoms with E-state index in [9.17, 15) is 4.79 Å². The molecule has 0 aliphatic carbocycles. The second kappa shape index (κ2) is 5.34. The average Bonchev–Trinajstić information content (AvgIpc) is 2.80. The number of nitrogen functional groups attached to an aromatic ring is 1. The van der Waals surface area contributed by atoms with Crippen LogP contribution in [0.2, 0.25) is 5.02 Å². The van der Waals surface area contributed by atoms with Gasteiger partial charge in [-0.1, -0.05) is 17.7 Å². The van der Waals surface area contributed by atoms with Crippen molar-refractivity contribution in [2.75, 3.05) is 16.4 Å². The monoisotopic (exact) mass is 301 g/mol. The Hall–Kier alpha value is -2.73. The van der Waals surface area contributed by atoms with E-state index >= 15 is 0 Å². The zero-order valence-corrected chi connectivity index (χ0v) is 11.6. The highest BCUT2D eigenvalue weighted by Gasteiger charge is 2.06. The Morgan fingerprint density at radius 2 is 1.90 bits per heavy atom. The van der Waals surface area contributed by atoms with Gasteiger partial charge >= 0.3 is 6.03 Å². The number of aromatic nitrogens is 2. The SMILES string of the molecule is Nc1n[nH]c2ccc(NC(=O)Nc3cccc(Cl)c3)cc12. The minimum atomic E-state index is -0.362. The predicted octanol–water partition coefficient (Wildman–Crippen LogP) is 3.44. The van der Waals surface area contributed by atoms with Crippen molar-refractivity contribution >= 4 is 45.7 Å². The first-order valence-corrected chi connectivity index (χ1v) is 6.57. The van der Waals surface area contributed by atoms with Crippen LogP contribution in [0.5, 0.6) is 0 Å². The van der Waals surface area contributed by atoms with Gasteiger partial charge in [-0.3, -0.25) is 5.10 Å². The first kappa shape index (κ1) is 13.3. The predicted molar refractivity (Wildman–Crippen MR) is 84.6 cm³/mol. The van der Waals surface area contributed by atoms with Crippen LogP contribution >= 0.6 is 11.6 Å². The second-order valence-electron chi connectivity index (χ2n) is 4.46. The number of nitrogens with two attached hydrogens (primary N) is 1.